The number of nitrogens with one attached hydrogen (secondary N) is 1. The molecule has 5 atom stereocenters. The topological polar surface area (TPSA) is 208 Å². The molecule has 2 aromatic carbocycles. The van der Waals surface area contributed by atoms with Crippen LogP contribution < -0.4 is 5.73 Å². The van der Waals surface area contributed by atoms with E-state index in [2.05, 4.69) is 9.97 Å². The molecule has 0 saturated carbocycles. The number of hydrogen-bond donors (Lipinski definition) is 5. The number of aromatic nitrogens is 3. The van der Waals surface area contributed by atoms with Crippen LogP contribution in [0.25, 0.3) is 17.0 Å². The van der Waals surface area contributed by atoms with E-state index in [1.54, 1.807) is 41.1 Å². The second kappa shape index (κ2) is 12.3. The molecule has 0 unspecified atom stereocenters. The van der Waals surface area contributed by atoms with Crippen molar-refractivity contribution in [2.24, 2.45) is 0 Å². The van der Waals surface area contributed by atoms with Crippen LogP contribution >= 0.6 is 7.82 Å². The molecule has 1 fully saturated rings. The van der Waals surface area contributed by atoms with Gasteiger partial charge in [0.05, 0.1) is 29.3 Å². The first-order valence-electron chi connectivity index (χ1n) is 12.6. The predicted molar refractivity (Wildman–Crippen MR) is 147 cm³/mol. The summed E-state index contributed by atoms with van der Waals surface area (Å²) < 4.78 is 35.7. The molecule has 1 saturated heterocycles. The fourth-order valence-corrected chi connectivity index (χ4v) is 5.16. The minimum atomic E-state index is -5.26. The van der Waals surface area contributed by atoms with E-state index in [0.717, 1.165) is 11.5 Å². The summed E-state index contributed by atoms with van der Waals surface area (Å²) >= 11 is 0. The number of aliphatic hydroxyl groups is 1. The number of rotatable bonds is 9. The molecular formula is C27H27N4O10P. The zero-order chi connectivity index (χ0) is 29.9. The summed E-state index contributed by atoms with van der Waals surface area (Å²) in [6.07, 6.45) is -0.785. The molecule has 0 bridgehead atoms. The second-order valence-corrected chi connectivity index (χ2v) is 10.5. The van der Waals surface area contributed by atoms with E-state index in [1.807, 2.05) is 12.1 Å². The number of ether oxygens (including phenoxy) is 3. The van der Waals surface area contributed by atoms with Gasteiger partial charge in [-0.15, -0.1) is 0 Å². The number of aromatic amines is 1. The van der Waals surface area contributed by atoms with Crippen LogP contribution in [0.2, 0.25) is 0 Å². The largest absolute Gasteiger partial charge is 0.470 e. The zero-order valence-corrected chi connectivity index (χ0v) is 22.7. The van der Waals surface area contributed by atoms with Gasteiger partial charge in [0.2, 0.25) is 0 Å². The Morgan fingerprint density at radius 2 is 1.88 bits per heavy atom. The number of nitrogen functional groups attached to an aromatic ring is 1. The summed E-state index contributed by atoms with van der Waals surface area (Å²) in [6, 6.07) is 15.0. The van der Waals surface area contributed by atoms with Gasteiger partial charge >= 0.3 is 19.8 Å². The molecule has 0 aliphatic carbocycles. The summed E-state index contributed by atoms with van der Waals surface area (Å²) in [5.41, 5.74) is 7.18. The summed E-state index contributed by atoms with van der Waals surface area (Å²) in [7, 11) is -5.26. The maximum atomic E-state index is 13.2. The number of nitrogens with zero attached hydrogens (tertiary/aromatic N) is 2. The van der Waals surface area contributed by atoms with E-state index in [1.165, 1.54) is 30.7 Å². The minimum absolute atomic E-state index is 0.0156. The van der Waals surface area contributed by atoms with Gasteiger partial charge in [-0.05, 0) is 35.7 Å². The number of carbonyl (C=O) groups is 2. The molecule has 4 aromatic rings. The molecule has 1 aliphatic rings. The van der Waals surface area contributed by atoms with Crippen LogP contribution in [0, 0.1) is 0 Å². The third kappa shape index (κ3) is 6.60. The van der Waals surface area contributed by atoms with Crippen LogP contribution in [0.5, 0.6) is 0 Å². The molecule has 0 amide bonds. The van der Waals surface area contributed by atoms with Crippen LogP contribution in [0.1, 0.15) is 22.3 Å². The Balaban J connectivity index is 1.48. The summed E-state index contributed by atoms with van der Waals surface area (Å²) in [5, 5.41) is 12.0. The number of imidazole rings is 1. The number of phosphoric acid groups is 1. The number of esters is 2. The number of H-pyrrole nitrogens is 1. The predicted octanol–water partition coefficient (Wildman–Crippen LogP) is 2.16. The molecule has 15 heteroatoms. The molecule has 3 heterocycles. The normalized spacial score (nSPS) is 22.8. The van der Waals surface area contributed by atoms with Crippen LogP contribution in [-0.2, 0) is 28.1 Å². The van der Waals surface area contributed by atoms with Crippen molar-refractivity contribution in [3.05, 3.63) is 90.7 Å². The van der Waals surface area contributed by atoms with Crippen molar-refractivity contribution in [2.45, 2.75) is 30.6 Å². The van der Waals surface area contributed by atoms with E-state index in [4.69, 9.17) is 24.5 Å². The fraction of sp³-hybridized carbons (Fsp3) is 0.222. The number of aliphatic hydroxyl groups excluding tert-OH is 1. The highest BCUT2D eigenvalue weighted by Crippen LogP contribution is 2.44. The van der Waals surface area contributed by atoms with E-state index in [-0.39, 0.29) is 11.3 Å². The summed E-state index contributed by atoms with van der Waals surface area (Å²) in [6.45, 7) is -0.531. The van der Waals surface area contributed by atoms with Gasteiger partial charge in [0.15, 0.2) is 12.3 Å². The molecular weight excluding hydrogens is 571 g/mol. The molecule has 0 spiro atoms. The molecule has 1 aliphatic heterocycles. The lowest BCUT2D eigenvalue weighted by molar-refractivity contribution is -0.248. The number of fused-ring (bicyclic) bond motifs is 1. The van der Waals surface area contributed by atoms with Crippen molar-refractivity contribution >= 4 is 42.4 Å². The zero-order valence-electron chi connectivity index (χ0n) is 21.8. The molecule has 220 valence electrons. The highest BCUT2D eigenvalue weighted by atomic mass is 31.2. The lowest BCUT2D eigenvalue weighted by Gasteiger charge is -2.44. The number of hydrogen-bond acceptors (Lipinski definition) is 10. The number of para-hydroxylation sites is 2. The number of anilines is 1. The van der Waals surface area contributed by atoms with Crippen molar-refractivity contribution in [2.75, 3.05) is 12.3 Å². The number of benzene rings is 2. The molecule has 5 rings (SSSR count). The summed E-state index contributed by atoms with van der Waals surface area (Å²) in [4.78, 5) is 51.6. The van der Waals surface area contributed by atoms with Crippen LogP contribution in [0.3, 0.4) is 0 Å². The molecule has 2 aromatic heterocycles. The van der Waals surface area contributed by atoms with Gasteiger partial charge in [0.1, 0.15) is 24.9 Å². The third-order valence-electron chi connectivity index (χ3n) is 6.53. The van der Waals surface area contributed by atoms with Crippen LogP contribution in [0.4, 0.5) is 5.69 Å². The van der Waals surface area contributed by atoms with Crippen molar-refractivity contribution in [3.8, 4) is 0 Å². The van der Waals surface area contributed by atoms with Gasteiger partial charge in [0, 0.05) is 18.0 Å². The Morgan fingerprint density at radius 1 is 1.12 bits per heavy atom. The molecule has 14 nitrogen and oxygen atoms in total. The highest BCUT2D eigenvalue weighted by molar-refractivity contribution is 7.46. The van der Waals surface area contributed by atoms with Crippen molar-refractivity contribution < 1.29 is 47.8 Å². The lowest BCUT2D eigenvalue weighted by atomic mass is 9.97. The Bertz CT molecular complexity index is 1630. The van der Waals surface area contributed by atoms with Crippen molar-refractivity contribution in [1.82, 2.24) is 14.5 Å². The third-order valence-corrected chi connectivity index (χ3v) is 7.05. The maximum Gasteiger partial charge on any atom is 0.470 e. The van der Waals surface area contributed by atoms with Crippen LogP contribution in [-0.4, -0.2) is 72.4 Å². The monoisotopic (exact) mass is 598 g/mol. The first kappa shape index (κ1) is 29.2. The van der Waals surface area contributed by atoms with E-state index < -0.39 is 57.0 Å². The van der Waals surface area contributed by atoms with Gasteiger partial charge in [-0.2, -0.15) is 0 Å². The summed E-state index contributed by atoms with van der Waals surface area (Å²) in [5.74, 6) is -1.73. The second-order valence-electron chi connectivity index (χ2n) is 9.33. The van der Waals surface area contributed by atoms with Gasteiger partial charge in [0.25, 0.3) is 0 Å². The first-order chi connectivity index (χ1) is 20.1. The van der Waals surface area contributed by atoms with Crippen LogP contribution in [0.15, 0.2) is 79.4 Å². The van der Waals surface area contributed by atoms with E-state index in [9.17, 15) is 29.0 Å². The highest BCUT2D eigenvalue weighted by Gasteiger charge is 2.52. The van der Waals surface area contributed by atoms with E-state index in [0.29, 0.717) is 11.2 Å². The van der Waals surface area contributed by atoms with Gasteiger partial charge in [-0.3, -0.25) is 4.52 Å². The van der Waals surface area contributed by atoms with Gasteiger partial charge < -0.3 is 44.4 Å². The average Bonchev–Trinajstić information content (AvgIpc) is 3.63. The van der Waals surface area contributed by atoms with Gasteiger partial charge in [-0.25, -0.2) is 19.1 Å². The standard InChI is InChI=1S/C27H27N4O10P/c28-19-7-3-2-6-18(19)27(34)40-25-24(41-42(35,36)37)23(33)21(14-38-22(32)10-9-17-13-29-15-30-17)39-26(25)31-12-11-16-5-1-4-8-20(16)31/h1-13,15,21,23-26,33H,14,28H2,(H,29,30)(H2,35,36,37)/b10-9+/t21-,23-,24+,25-,26-/m1/s1. The van der Waals surface area contributed by atoms with Gasteiger partial charge in [-0.1, -0.05) is 30.3 Å². The number of carbonyl (C=O) groups excluding carboxylic acids is 2. The van der Waals surface area contributed by atoms with Crippen molar-refractivity contribution in [3.63, 3.8) is 0 Å². The Labute approximate surface area is 238 Å². The smallest absolute Gasteiger partial charge is 0.460 e. The fourth-order valence-electron chi connectivity index (χ4n) is 4.60. The number of phosphoric ester groups is 1. The minimum Gasteiger partial charge on any atom is -0.460 e. The van der Waals surface area contributed by atoms with E-state index >= 15 is 0 Å². The molecule has 0 radical (unpaired) electrons. The lowest BCUT2D eigenvalue weighted by Crippen LogP contribution is -2.58. The molecule has 42 heavy (non-hydrogen) atoms. The quantitative estimate of drug-likeness (QED) is 0.0813. The Morgan fingerprint density at radius 3 is 2.62 bits per heavy atom. The first-order valence-corrected chi connectivity index (χ1v) is 14.2. The molecule has 6 N–H and O–H groups in total. The van der Waals surface area contributed by atoms with Crippen molar-refractivity contribution in [1.29, 1.82) is 0 Å². The Kier molecular flexibility index (Phi) is 8.54. The average molecular weight is 599 g/mol. The Hall–Kier alpha value is -4.30. The SMILES string of the molecule is Nc1ccccc1C(=O)O[C@@H]1[C@@H](OP(=O)(O)O)[C@H](O)[C@@H](COC(=O)/C=C/c2cnc[nH]2)O[C@H]1n1ccc2ccccc21. The maximum absolute atomic E-state index is 13.2. The number of nitrogens with two attached hydrogens (primary N) is 1.